The molecule has 0 saturated heterocycles. The zero-order valence-electron chi connectivity index (χ0n) is 11.3. The zero-order valence-corrected chi connectivity index (χ0v) is 11.3. The van der Waals surface area contributed by atoms with Crippen LogP contribution in [0.4, 0.5) is 0 Å². The van der Waals surface area contributed by atoms with Crippen molar-refractivity contribution in [1.82, 2.24) is 4.57 Å². The summed E-state index contributed by atoms with van der Waals surface area (Å²) < 4.78 is 2.37. The van der Waals surface area contributed by atoms with E-state index in [0.29, 0.717) is 5.78 Å². The summed E-state index contributed by atoms with van der Waals surface area (Å²) in [5.74, 6) is 2.10. The van der Waals surface area contributed by atoms with Gasteiger partial charge in [-0.05, 0) is 43.6 Å². The molecule has 2 heteroatoms. The highest BCUT2D eigenvalue weighted by atomic mass is 16.1. The molecule has 3 rings (SSSR count). The molecule has 1 aromatic heterocycles. The third kappa shape index (κ3) is 2.25. The fourth-order valence-corrected chi connectivity index (χ4v) is 3.55. The highest BCUT2D eigenvalue weighted by molar-refractivity contribution is 5.98. The van der Waals surface area contributed by atoms with Gasteiger partial charge in [-0.15, -0.1) is 0 Å². The van der Waals surface area contributed by atoms with Crippen LogP contribution in [-0.4, -0.2) is 10.4 Å². The van der Waals surface area contributed by atoms with Gasteiger partial charge >= 0.3 is 0 Å². The minimum absolute atomic E-state index is 0.354. The second kappa shape index (κ2) is 4.91. The second-order valence-corrected chi connectivity index (χ2v) is 6.23. The average molecular weight is 245 g/mol. The molecular formula is C16H23NO. The Morgan fingerprint density at radius 2 is 2.00 bits per heavy atom. The minimum Gasteiger partial charge on any atom is -0.350 e. The number of carbonyl (C=O) groups excluding carboxylic acids is 1. The van der Waals surface area contributed by atoms with Crippen molar-refractivity contribution in [3.8, 4) is 0 Å². The lowest BCUT2D eigenvalue weighted by Gasteiger charge is -2.27. The van der Waals surface area contributed by atoms with Gasteiger partial charge in [-0.25, -0.2) is 0 Å². The van der Waals surface area contributed by atoms with Gasteiger partial charge in [-0.3, -0.25) is 4.79 Å². The van der Waals surface area contributed by atoms with Gasteiger partial charge in [0.2, 0.25) is 0 Å². The number of hydrogen-bond donors (Lipinski definition) is 0. The highest BCUT2D eigenvalue weighted by Crippen LogP contribution is 2.31. The SMILES string of the molecule is CC1CCC(Cn2ccc3c2CCCC3=O)CC1. The molecule has 1 saturated carbocycles. The fourth-order valence-electron chi connectivity index (χ4n) is 3.55. The number of aromatic nitrogens is 1. The van der Waals surface area contributed by atoms with Crippen LogP contribution in [0, 0.1) is 11.8 Å². The summed E-state index contributed by atoms with van der Waals surface area (Å²) in [6, 6.07) is 2.04. The Morgan fingerprint density at radius 1 is 1.22 bits per heavy atom. The highest BCUT2D eigenvalue weighted by Gasteiger charge is 2.23. The van der Waals surface area contributed by atoms with E-state index in [1.165, 1.54) is 31.4 Å². The lowest BCUT2D eigenvalue weighted by Crippen LogP contribution is -2.20. The van der Waals surface area contributed by atoms with E-state index in [1.807, 2.05) is 6.07 Å². The maximum Gasteiger partial charge on any atom is 0.164 e. The van der Waals surface area contributed by atoms with Crippen molar-refractivity contribution in [1.29, 1.82) is 0 Å². The number of nitrogens with zero attached hydrogens (tertiary/aromatic N) is 1. The van der Waals surface area contributed by atoms with E-state index >= 15 is 0 Å². The third-order valence-corrected chi connectivity index (χ3v) is 4.79. The van der Waals surface area contributed by atoms with Crippen LogP contribution in [0.25, 0.3) is 0 Å². The molecule has 0 spiro atoms. The maximum atomic E-state index is 11.8. The first-order valence-electron chi connectivity index (χ1n) is 7.45. The summed E-state index contributed by atoms with van der Waals surface area (Å²) in [7, 11) is 0. The normalized spacial score (nSPS) is 28.2. The van der Waals surface area contributed by atoms with Gasteiger partial charge in [0.05, 0.1) is 0 Å². The van der Waals surface area contributed by atoms with Crippen LogP contribution >= 0.6 is 0 Å². The number of hydrogen-bond acceptors (Lipinski definition) is 1. The first-order chi connectivity index (χ1) is 8.74. The Balaban J connectivity index is 1.72. The molecule has 0 unspecified atom stereocenters. The van der Waals surface area contributed by atoms with Crippen LogP contribution in [0.1, 0.15) is 61.5 Å². The van der Waals surface area contributed by atoms with Gasteiger partial charge in [-0.1, -0.05) is 19.8 Å². The van der Waals surface area contributed by atoms with E-state index in [1.54, 1.807) is 0 Å². The summed E-state index contributed by atoms with van der Waals surface area (Å²) in [5.41, 5.74) is 2.32. The van der Waals surface area contributed by atoms with E-state index in [0.717, 1.165) is 43.2 Å². The van der Waals surface area contributed by atoms with Crippen molar-refractivity contribution in [2.24, 2.45) is 11.8 Å². The van der Waals surface area contributed by atoms with E-state index in [4.69, 9.17) is 0 Å². The molecule has 0 aromatic carbocycles. The van der Waals surface area contributed by atoms with Gasteiger partial charge < -0.3 is 4.57 Å². The lowest BCUT2D eigenvalue weighted by molar-refractivity contribution is 0.0971. The maximum absolute atomic E-state index is 11.8. The fraction of sp³-hybridized carbons (Fsp3) is 0.688. The summed E-state index contributed by atoms with van der Waals surface area (Å²) in [5, 5.41) is 0. The van der Waals surface area contributed by atoms with Gasteiger partial charge in [0.1, 0.15) is 0 Å². The number of Topliss-reactive ketones (excluding diaryl/α,β-unsaturated/α-hetero) is 1. The molecule has 98 valence electrons. The van der Waals surface area contributed by atoms with Crippen LogP contribution in [-0.2, 0) is 13.0 Å². The quantitative estimate of drug-likeness (QED) is 0.776. The molecule has 0 radical (unpaired) electrons. The summed E-state index contributed by atoms with van der Waals surface area (Å²) in [4.78, 5) is 11.8. The van der Waals surface area contributed by atoms with Gasteiger partial charge in [0.15, 0.2) is 5.78 Å². The monoisotopic (exact) mass is 245 g/mol. The van der Waals surface area contributed by atoms with Crippen molar-refractivity contribution in [2.45, 2.75) is 58.4 Å². The number of fused-ring (bicyclic) bond motifs is 1. The largest absolute Gasteiger partial charge is 0.350 e. The average Bonchev–Trinajstić information content (AvgIpc) is 2.77. The molecule has 1 heterocycles. The molecule has 0 amide bonds. The first kappa shape index (κ1) is 12.0. The number of ketones is 1. The Bertz CT molecular complexity index is 438. The molecule has 0 atom stereocenters. The van der Waals surface area contributed by atoms with Crippen molar-refractivity contribution >= 4 is 5.78 Å². The summed E-state index contributed by atoms with van der Waals surface area (Å²) >= 11 is 0. The molecule has 0 bridgehead atoms. The van der Waals surface area contributed by atoms with Gasteiger partial charge in [0, 0.05) is 30.4 Å². The smallest absolute Gasteiger partial charge is 0.164 e. The van der Waals surface area contributed by atoms with E-state index in [9.17, 15) is 4.79 Å². The standard InChI is InChI=1S/C16H23NO/c1-12-5-7-13(8-6-12)11-17-10-9-14-15(17)3-2-4-16(14)18/h9-10,12-13H,2-8,11H2,1H3. The molecular weight excluding hydrogens is 222 g/mol. The van der Waals surface area contributed by atoms with Gasteiger partial charge in [0.25, 0.3) is 0 Å². The zero-order chi connectivity index (χ0) is 12.5. The van der Waals surface area contributed by atoms with Crippen LogP contribution in [0.5, 0.6) is 0 Å². The van der Waals surface area contributed by atoms with E-state index in [2.05, 4.69) is 17.7 Å². The number of carbonyl (C=O) groups is 1. The summed E-state index contributed by atoms with van der Waals surface area (Å²) in [6.45, 7) is 3.50. The van der Waals surface area contributed by atoms with Crippen molar-refractivity contribution in [3.05, 3.63) is 23.5 Å². The predicted octanol–water partition coefficient (Wildman–Crippen LogP) is 3.83. The van der Waals surface area contributed by atoms with E-state index < -0.39 is 0 Å². The van der Waals surface area contributed by atoms with Crippen LogP contribution in [0.3, 0.4) is 0 Å². The number of rotatable bonds is 2. The van der Waals surface area contributed by atoms with Crippen LogP contribution in [0.15, 0.2) is 12.3 Å². The minimum atomic E-state index is 0.354. The Hall–Kier alpha value is -1.05. The van der Waals surface area contributed by atoms with Crippen LogP contribution < -0.4 is 0 Å². The molecule has 2 aliphatic rings. The molecule has 1 fully saturated rings. The molecule has 2 nitrogen and oxygen atoms in total. The first-order valence-corrected chi connectivity index (χ1v) is 7.45. The van der Waals surface area contributed by atoms with Crippen molar-refractivity contribution in [2.75, 3.05) is 0 Å². The van der Waals surface area contributed by atoms with E-state index in [-0.39, 0.29) is 0 Å². The third-order valence-electron chi connectivity index (χ3n) is 4.79. The van der Waals surface area contributed by atoms with Crippen molar-refractivity contribution < 1.29 is 4.79 Å². The molecule has 0 N–H and O–H groups in total. The Morgan fingerprint density at radius 3 is 2.78 bits per heavy atom. The second-order valence-electron chi connectivity index (χ2n) is 6.23. The molecule has 0 aliphatic heterocycles. The van der Waals surface area contributed by atoms with Crippen molar-refractivity contribution in [3.63, 3.8) is 0 Å². The van der Waals surface area contributed by atoms with Gasteiger partial charge in [-0.2, -0.15) is 0 Å². The Labute approximate surface area is 109 Å². The predicted molar refractivity (Wildman–Crippen MR) is 72.8 cm³/mol. The lowest BCUT2D eigenvalue weighted by atomic mass is 9.83. The Kier molecular flexibility index (Phi) is 3.27. The molecule has 1 aromatic rings. The topological polar surface area (TPSA) is 22.0 Å². The van der Waals surface area contributed by atoms with Crippen LogP contribution in [0.2, 0.25) is 0 Å². The summed E-state index contributed by atoms with van der Waals surface area (Å²) in [6.07, 6.45) is 10.5. The molecule has 18 heavy (non-hydrogen) atoms. The molecule has 2 aliphatic carbocycles.